The molecule has 19 heavy (non-hydrogen) atoms. The molecule has 0 radical (unpaired) electrons. The molecule has 3 nitrogen and oxygen atoms in total. The second kappa shape index (κ2) is 6.53. The molecule has 0 aliphatic carbocycles. The van der Waals surface area contributed by atoms with Crippen LogP contribution in [-0.2, 0) is 12.3 Å². The highest BCUT2D eigenvalue weighted by molar-refractivity contribution is 7.18. The van der Waals surface area contributed by atoms with Gasteiger partial charge in [0.15, 0.2) is 0 Å². The van der Waals surface area contributed by atoms with Crippen molar-refractivity contribution in [2.24, 2.45) is 0 Å². The minimum absolute atomic E-state index is 0.0609. The van der Waals surface area contributed by atoms with Crippen LogP contribution < -0.4 is 5.56 Å². The zero-order valence-electron chi connectivity index (χ0n) is 11.4. The first kappa shape index (κ1) is 14.5. The van der Waals surface area contributed by atoms with Gasteiger partial charge in [0.25, 0.3) is 5.56 Å². The minimum Gasteiger partial charge on any atom is -0.309 e. The minimum atomic E-state index is -0.0609. The van der Waals surface area contributed by atoms with Crippen LogP contribution in [0.2, 0.25) is 0 Å². The first-order valence-corrected chi connectivity index (χ1v) is 8.09. The molecule has 0 bridgehead atoms. The number of H-pyrrole nitrogens is 1. The van der Waals surface area contributed by atoms with Crippen molar-refractivity contribution >= 4 is 33.2 Å². The fraction of sp³-hybridized carbons (Fsp3) is 0.571. The topological polar surface area (TPSA) is 45.8 Å². The summed E-state index contributed by atoms with van der Waals surface area (Å²) in [5, 5.41) is 0.740. The van der Waals surface area contributed by atoms with E-state index in [-0.39, 0.29) is 11.4 Å². The number of aryl methyl sites for hydroxylation is 2. The van der Waals surface area contributed by atoms with E-state index in [9.17, 15) is 4.79 Å². The Morgan fingerprint density at radius 1 is 1.32 bits per heavy atom. The molecule has 104 valence electrons. The van der Waals surface area contributed by atoms with Gasteiger partial charge in [-0.2, -0.15) is 0 Å². The van der Waals surface area contributed by atoms with Crippen LogP contribution >= 0.6 is 22.9 Å². The second-order valence-electron chi connectivity index (χ2n) is 4.79. The number of aromatic nitrogens is 2. The number of nitrogens with one attached hydrogen (secondary N) is 1. The summed E-state index contributed by atoms with van der Waals surface area (Å²) >= 11 is 7.37. The number of fused-ring (bicyclic) bond motifs is 1. The molecule has 0 fully saturated rings. The number of unbranched alkanes of at least 4 members (excludes halogenated alkanes) is 3. The quantitative estimate of drug-likeness (QED) is 0.643. The summed E-state index contributed by atoms with van der Waals surface area (Å²) in [6.07, 6.45) is 6.00. The van der Waals surface area contributed by atoms with Gasteiger partial charge >= 0.3 is 0 Å². The molecule has 0 saturated heterocycles. The van der Waals surface area contributed by atoms with Crippen molar-refractivity contribution < 1.29 is 0 Å². The molecule has 0 spiro atoms. The summed E-state index contributed by atoms with van der Waals surface area (Å²) in [6.45, 7) is 4.23. The third kappa shape index (κ3) is 3.18. The molecule has 1 N–H and O–H groups in total. The van der Waals surface area contributed by atoms with E-state index in [1.807, 2.05) is 6.92 Å². The van der Waals surface area contributed by atoms with Crippen LogP contribution in [0.25, 0.3) is 10.2 Å². The van der Waals surface area contributed by atoms with Gasteiger partial charge in [0.1, 0.15) is 10.7 Å². The summed E-state index contributed by atoms with van der Waals surface area (Å²) < 4.78 is 0. The van der Waals surface area contributed by atoms with E-state index in [1.165, 1.54) is 30.6 Å². The van der Waals surface area contributed by atoms with Gasteiger partial charge in [-0.3, -0.25) is 4.79 Å². The molecule has 2 aromatic rings. The lowest BCUT2D eigenvalue weighted by atomic mass is 10.1. The number of alkyl halides is 1. The molecule has 0 aromatic carbocycles. The summed E-state index contributed by atoms with van der Waals surface area (Å²) in [4.78, 5) is 21.3. The average Bonchev–Trinajstić information content (AvgIpc) is 2.72. The smallest absolute Gasteiger partial charge is 0.259 e. The van der Waals surface area contributed by atoms with Gasteiger partial charge < -0.3 is 4.98 Å². The molecular weight excluding hydrogens is 280 g/mol. The summed E-state index contributed by atoms with van der Waals surface area (Å²) in [5.41, 5.74) is 1.03. The van der Waals surface area contributed by atoms with Gasteiger partial charge in [0, 0.05) is 4.88 Å². The summed E-state index contributed by atoms with van der Waals surface area (Å²) in [7, 11) is 0. The molecule has 0 saturated carbocycles. The Labute approximate surface area is 122 Å². The van der Waals surface area contributed by atoms with Crippen molar-refractivity contribution in [3.8, 4) is 0 Å². The molecule has 2 heterocycles. The predicted octanol–water partition coefficient (Wildman–Crippen LogP) is 4.15. The Balaban J connectivity index is 2.29. The van der Waals surface area contributed by atoms with E-state index in [0.717, 1.165) is 22.2 Å². The predicted molar refractivity (Wildman–Crippen MR) is 82.4 cm³/mol. The van der Waals surface area contributed by atoms with E-state index < -0.39 is 0 Å². The lowest BCUT2D eigenvalue weighted by molar-refractivity contribution is 0.669. The van der Waals surface area contributed by atoms with E-state index >= 15 is 0 Å². The zero-order valence-corrected chi connectivity index (χ0v) is 13.0. The van der Waals surface area contributed by atoms with Crippen LogP contribution in [0.4, 0.5) is 0 Å². The molecule has 5 heteroatoms. The molecule has 0 atom stereocenters. The fourth-order valence-corrected chi connectivity index (χ4v) is 3.61. The van der Waals surface area contributed by atoms with Crippen LogP contribution in [0.5, 0.6) is 0 Å². The number of hydrogen-bond acceptors (Lipinski definition) is 3. The zero-order chi connectivity index (χ0) is 13.8. The monoisotopic (exact) mass is 298 g/mol. The molecule has 0 aliphatic heterocycles. The van der Waals surface area contributed by atoms with Crippen molar-refractivity contribution in [3.05, 3.63) is 26.6 Å². The molecule has 0 aliphatic rings. The van der Waals surface area contributed by atoms with Gasteiger partial charge in [-0.1, -0.05) is 26.2 Å². The Hall–Kier alpha value is -0.870. The Morgan fingerprint density at radius 2 is 2.11 bits per heavy atom. The SMILES string of the molecule is CCCCCCc1sc2nc(CCl)[nH]c(=O)c2c1C. The molecule has 2 rings (SSSR count). The van der Waals surface area contributed by atoms with Crippen molar-refractivity contribution in [2.45, 2.75) is 51.8 Å². The highest BCUT2D eigenvalue weighted by Crippen LogP contribution is 2.28. The van der Waals surface area contributed by atoms with Gasteiger partial charge in [-0.25, -0.2) is 4.98 Å². The maximum Gasteiger partial charge on any atom is 0.259 e. The fourth-order valence-electron chi connectivity index (χ4n) is 2.25. The molecule has 2 aromatic heterocycles. The molecular formula is C14H19ClN2OS. The Morgan fingerprint density at radius 3 is 2.79 bits per heavy atom. The Bertz CT molecular complexity index is 618. The highest BCUT2D eigenvalue weighted by Gasteiger charge is 2.13. The van der Waals surface area contributed by atoms with Gasteiger partial charge in [0.2, 0.25) is 0 Å². The number of thiophene rings is 1. The summed E-state index contributed by atoms with van der Waals surface area (Å²) in [5.74, 6) is 0.798. The standard InChI is InChI=1S/C14H19ClN2OS/c1-3-4-5-6-7-10-9(2)12-13(18)16-11(8-15)17-14(12)19-10/h3-8H2,1-2H3,(H,16,17,18). The van der Waals surface area contributed by atoms with Crippen LogP contribution in [0.1, 0.15) is 48.9 Å². The third-order valence-corrected chi connectivity index (χ3v) is 4.83. The van der Waals surface area contributed by atoms with E-state index in [2.05, 4.69) is 16.9 Å². The number of halogens is 1. The van der Waals surface area contributed by atoms with Gasteiger partial charge in [-0.05, 0) is 25.3 Å². The maximum atomic E-state index is 12.0. The molecule has 0 unspecified atom stereocenters. The van der Waals surface area contributed by atoms with Crippen molar-refractivity contribution in [2.75, 3.05) is 0 Å². The van der Waals surface area contributed by atoms with Gasteiger partial charge in [-0.15, -0.1) is 22.9 Å². The highest BCUT2D eigenvalue weighted by atomic mass is 35.5. The molecule has 0 amide bonds. The van der Waals surface area contributed by atoms with E-state index in [1.54, 1.807) is 11.3 Å². The van der Waals surface area contributed by atoms with Crippen LogP contribution in [0.15, 0.2) is 4.79 Å². The average molecular weight is 299 g/mol. The van der Waals surface area contributed by atoms with Gasteiger partial charge in [0.05, 0.1) is 11.3 Å². The van der Waals surface area contributed by atoms with E-state index in [4.69, 9.17) is 11.6 Å². The van der Waals surface area contributed by atoms with Crippen LogP contribution in [0, 0.1) is 6.92 Å². The first-order valence-electron chi connectivity index (χ1n) is 6.74. The van der Waals surface area contributed by atoms with Crippen molar-refractivity contribution in [1.82, 2.24) is 9.97 Å². The van der Waals surface area contributed by atoms with Crippen LogP contribution in [-0.4, -0.2) is 9.97 Å². The normalized spacial score (nSPS) is 11.3. The first-order chi connectivity index (χ1) is 9.17. The lowest BCUT2D eigenvalue weighted by Gasteiger charge is -1.99. The number of rotatable bonds is 6. The Kier molecular flexibility index (Phi) is 4.99. The summed E-state index contributed by atoms with van der Waals surface area (Å²) in [6, 6.07) is 0. The third-order valence-electron chi connectivity index (χ3n) is 3.33. The second-order valence-corrected chi connectivity index (χ2v) is 6.14. The van der Waals surface area contributed by atoms with Crippen molar-refractivity contribution in [1.29, 1.82) is 0 Å². The number of hydrogen-bond donors (Lipinski definition) is 1. The van der Waals surface area contributed by atoms with E-state index in [0.29, 0.717) is 5.82 Å². The number of nitrogens with zero attached hydrogens (tertiary/aromatic N) is 1. The number of aromatic amines is 1. The van der Waals surface area contributed by atoms with Crippen LogP contribution in [0.3, 0.4) is 0 Å². The van der Waals surface area contributed by atoms with Crippen molar-refractivity contribution in [3.63, 3.8) is 0 Å². The lowest BCUT2D eigenvalue weighted by Crippen LogP contribution is -2.10. The largest absolute Gasteiger partial charge is 0.309 e. The maximum absolute atomic E-state index is 12.0.